The van der Waals surface area contributed by atoms with Crippen LogP contribution in [0.5, 0.6) is 5.75 Å². The summed E-state index contributed by atoms with van der Waals surface area (Å²) in [5.74, 6) is -1.44. The molecule has 2 heterocycles. The second kappa shape index (κ2) is 14.4. The molecule has 1 aromatic heterocycles. The quantitative estimate of drug-likeness (QED) is 0.178. The van der Waals surface area contributed by atoms with Crippen LogP contribution in [-0.2, 0) is 9.59 Å². The average Bonchev–Trinajstić information content (AvgIpc) is 3.33. The van der Waals surface area contributed by atoms with Gasteiger partial charge in [0.25, 0.3) is 0 Å². The molecule has 1 fully saturated rings. The monoisotopic (exact) mass is 557 g/mol. The maximum absolute atomic E-state index is 13.4. The predicted octanol–water partition coefficient (Wildman–Crippen LogP) is 5.04. The third-order valence-corrected chi connectivity index (χ3v) is 7.16. The fourth-order valence-corrected chi connectivity index (χ4v) is 5.22. The summed E-state index contributed by atoms with van der Waals surface area (Å²) in [5.41, 5.74) is 2.65. The van der Waals surface area contributed by atoms with Crippen molar-refractivity contribution in [2.75, 3.05) is 38.6 Å². The maximum atomic E-state index is 13.4. The van der Waals surface area contributed by atoms with Gasteiger partial charge < -0.3 is 25.2 Å². The number of nitrogens with one attached hydrogen (secondary N) is 1. The fraction of sp³-hybridized carbons (Fsp3) is 0.357. The van der Waals surface area contributed by atoms with Crippen LogP contribution in [0.25, 0.3) is 10.1 Å². The number of carboxylic acids is 2. The van der Waals surface area contributed by atoms with Crippen molar-refractivity contribution in [2.45, 2.75) is 32.1 Å². The third-order valence-electron chi connectivity index (χ3n) is 6.34. The Morgan fingerprint density at radius 3 is 2.44 bits per heavy atom. The summed E-state index contributed by atoms with van der Waals surface area (Å²) in [6, 6.07) is 10.5. The van der Waals surface area contributed by atoms with E-state index < -0.39 is 11.9 Å². The van der Waals surface area contributed by atoms with Gasteiger partial charge in [-0.15, -0.1) is 0 Å². The van der Waals surface area contributed by atoms with E-state index in [2.05, 4.69) is 14.6 Å². The minimum atomic E-state index is -1.26. The number of ether oxygens (including phenoxy) is 1. The second-order valence-corrected chi connectivity index (χ2v) is 9.86. The summed E-state index contributed by atoms with van der Waals surface area (Å²) in [6.45, 7) is 5.28. The van der Waals surface area contributed by atoms with E-state index in [4.69, 9.17) is 14.9 Å². The molecule has 1 saturated heterocycles. The number of hydrogen-bond acceptors (Lipinski definition) is 8. The smallest absolute Gasteiger partial charge is 0.328 e. The van der Waals surface area contributed by atoms with Gasteiger partial charge in [-0.1, -0.05) is 0 Å². The van der Waals surface area contributed by atoms with Gasteiger partial charge in [0.1, 0.15) is 11.6 Å². The number of piperidine rings is 1. The van der Waals surface area contributed by atoms with Gasteiger partial charge in [-0.05, 0) is 87.2 Å². The highest BCUT2D eigenvalue weighted by atomic mass is 32.1. The van der Waals surface area contributed by atoms with Crippen LogP contribution in [-0.4, -0.2) is 70.5 Å². The molecular weight excluding hydrogens is 525 g/mol. The van der Waals surface area contributed by atoms with E-state index in [1.807, 2.05) is 25.2 Å². The predicted molar refractivity (Wildman–Crippen MR) is 149 cm³/mol. The van der Waals surface area contributed by atoms with E-state index >= 15 is 0 Å². The van der Waals surface area contributed by atoms with Gasteiger partial charge in [0.2, 0.25) is 0 Å². The lowest BCUT2D eigenvalue weighted by molar-refractivity contribution is -0.134. The fourth-order valence-electron chi connectivity index (χ4n) is 4.34. The maximum Gasteiger partial charge on any atom is 0.328 e. The number of aromatic nitrogens is 1. The van der Waals surface area contributed by atoms with Gasteiger partial charge in [-0.25, -0.2) is 14.0 Å². The highest BCUT2D eigenvalue weighted by molar-refractivity contribution is 7.13. The van der Waals surface area contributed by atoms with Crippen LogP contribution >= 0.6 is 11.5 Å². The molecule has 4 rings (SSSR count). The van der Waals surface area contributed by atoms with Crippen LogP contribution in [0.3, 0.4) is 0 Å². The molecule has 3 N–H and O–H groups in total. The molecule has 3 aromatic rings. The van der Waals surface area contributed by atoms with Crippen LogP contribution in [0.15, 0.2) is 48.6 Å². The lowest BCUT2D eigenvalue weighted by atomic mass is 9.91. The topological polar surface area (TPSA) is 129 Å². The van der Waals surface area contributed by atoms with Gasteiger partial charge in [0.05, 0.1) is 22.7 Å². The van der Waals surface area contributed by atoms with E-state index in [0.717, 1.165) is 66.1 Å². The van der Waals surface area contributed by atoms with Crippen molar-refractivity contribution in [1.82, 2.24) is 9.27 Å². The molecule has 0 atom stereocenters. The van der Waals surface area contributed by atoms with Crippen molar-refractivity contribution in [3.8, 4) is 5.75 Å². The molecule has 0 aliphatic carbocycles. The molecule has 0 radical (unpaired) electrons. The van der Waals surface area contributed by atoms with Crippen LogP contribution in [0.4, 0.5) is 10.1 Å². The van der Waals surface area contributed by atoms with Crippen molar-refractivity contribution in [3.63, 3.8) is 0 Å². The van der Waals surface area contributed by atoms with Crippen LogP contribution in [0.2, 0.25) is 0 Å². The number of aliphatic carboxylic acids is 2. The number of anilines is 1. The van der Waals surface area contributed by atoms with E-state index in [-0.39, 0.29) is 11.6 Å². The van der Waals surface area contributed by atoms with Gasteiger partial charge in [0.15, 0.2) is 5.78 Å². The van der Waals surface area contributed by atoms with E-state index in [1.54, 1.807) is 19.1 Å². The molecule has 208 valence electrons. The lowest BCUT2D eigenvalue weighted by Gasteiger charge is -2.31. The van der Waals surface area contributed by atoms with Gasteiger partial charge >= 0.3 is 11.9 Å². The number of likely N-dealkylation sites (tertiary alicyclic amines) is 1. The summed E-state index contributed by atoms with van der Waals surface area (Å²) in [5, 5.41) is 19.8. The van der Waals surface area contributed by atoms with E-state index in [9.17, 15) is 18.8 Å². The summed E-state index contributed by atoms with van der Waals surface area (Å²) in [4.78, 5) is 33.1. The first kappa shape index (κ1) is 29.7. The number of nitrogens with zero attached hydrogens (tertiary/aromatic N) is 2. The van der Waals surface area contributed by atoms with E-state index in [1.165, 1.54) is 17.6 Å². The number of halogens is 1. The van der Waals surface area contributed by atoms with Crippen molar-refractivity contribution in [3.05, 3.63) is 65.6 Å². The number of carbonyl (C=O) groups excluding carboxylic acids is 1. The van der Waals surface area contributed by atoms with Crippen LogP contribution in [0, 0.1) is 5.82 Å². The molecule has 0 unspecified atom stereocenters. The van der Waals surface area contributed by atoms with Crippen LogP contribution < -0.4 is 10.1 Å². The second-order valence-electron chi connectivity index (χ2n) is 9.05. The summed E-state index contributed by atoms with van der Waals surface area (Å²) < 4.78 is 25.0. The molecule has 0 amide bonds. The Hall–Kier alpha value is -3.83. The highest BCUT2D eigenvalue weighted by Gasteiger charge is 2.24. The summed E-state index contributed by atoms with van der Waals surface area (Å²) in [6.07, 6.45) is 4.22. The highest BCUT2D eigenvalue weighted by Crippen LogP contribution is 2.34. The molecule has 0 saturated carbocycles. The Morgan fingerprint density at radius 2 is 1.82 bits per heavy atom. The number of hydrogen-bond donors (Lipinski definition) is 3. The van der Waals surface area contributed by atoms with Crippen molar-refractivity contribution in [1.29, 1.82) is 0 Å². The minimum Gasteiger partial charge on any atom is -0.491 e. The molecule has 0 spiro atoms. The largest absolute Gasteiger partial charge is 0.491 e. The van der Waals surface area contributed by atoms with Crippen molar-refractivity contribution >= 4 is 45.0 Å². The Balaban J connectivity index is 0.000000459. The third kappa shape index (κ3) is 8.86. The molecule has 39 heavy (non-hydrogen) atoms. The number of rotatable bonds is 10. The molecule has 9 nitrogen and oxygen atoms in total. The Morgan fingerprint density at radius 1 is 1.13 bits per heavy atom. The number of fused-ring (bicyclic) bond motifs is 1. The molecule has 1 aliphatic heterocycles. The summed E-state index contributed by atoms with van der Waals surface area (Å²) in [7, 11) is 1.83. The molecular formula is C28H32FN3O6S. The number of carbonyl (C=O) groups is 3. The number of carboxylic acid groups (broad SMARTS) is 2. The zero-order valence-corrected chi connectivity index (χ0v) is 22.7. The Labute approximate surface area is 230 Å². The molecule has 1 aliphatic rings. The first-order chi connectivity index (χ1) is 18.7. The molecule has 11 heteroatoms. The van der Waals surface area contributed by atoms with Crippen molar-refractivity contribution in [2.24, 2.45) is 0 Å². The van der Waals surface area contributed by atoms with Gasteiger partial charge in [-0.3, -0.25) is 4.79 Å². The van der Waals surface area contributed by atoms with Gasteiger partial charge in [0, 0.05) is 42.6 Å². The SMILES string of the molecule is CNc1cc(C(C)=O)ccc1OCCCN1CCC(c2nsc3cc(F)ccc23)CC1.O=C(O)C=CC(=O)O. The standard InChI is InChI=1S/C24H28FN3O2S.C4H4O4/c1-16(29)18-4-7-22(21(14-18)26-2)30-13-3-10-28-11-8-17(9-12-28)24-20-6-5-19(25)15-23(20)31-27-24;5-3(6)1-2-4(7)8/h4-7,14-15,17,26H,3,8-13H2,1-2H3;1-2H,(H,5,6)(H,7,8). The number of benzene rings is 2. The number of Topliss-reactive ketones (excluding diaryl/α,β-unsaturated/α-hetero) is 1. The zero-order chi connectivity index (χ0) is 28.4. The molecule has 2 aromatic carbocycles. The van der Waals surface area contributed by atoms with Crippen molar-refractivity contribution < 1.29 is 33.7 Å². The first-order valence-corrected chi connectivity index (χ1v) is 13.3. The Bertz CT molecular complexity index is 1320. The Kier molecular flexibility index (Phi) is 10.9. The molecule has 0 bridgehead atoms. The van der Waals surface area contributed by atoms with E-state index in [0.29, 0.717) is 30.2 Å². The normalized spacial score (nSPS) is 14.1. The average molecular weight is 558 g/mol. The van der Waals surface area contributed by atoms with Gasteiger partial charge in [-0.2, -0.15) is 4.37 Å². The first-order valence-electron chi connectivity index (χ1n) is 12.5. The van der Waals surface area contributed by atoms with Crippen LogP contribution in [0.1, 0.15) is 48.2 Å². The number of ketones is 1. The lowest BCUT2D eigenvalue weighted by Crippen LogP contribution is -2.34. The summed E-state index contributed by atoms with van der Waals surface area (Å²) >= 11 is 1.40. The zero-order valence-electron chi connectivity index (χ0n) is 21.9. The minimum absolute atomic E-state index is 0.0456.